The number of ether oxygens (including phenoxy) is 1. The summed E-state index contributed by atoms with van der Waals surface area (Å²) in [5, 5.41) is 2.85. The van der Waals surface area contributed by atoms with Crippen LogP contribution < -0.4 is 10.1 Å². The monoisotopic (exact) mass is 378 g/mol. The molecule has 0 bridgehead atoms. The highest BCUT2D eigenvalue weighted by molar-refractivity contribution is 7.19. The van der Waals surface area contributed by atoms with Crippen LogP contribution >= 0.6 is 11.3 Å². The number of carbonyl (C=O) groups excluding carboxylic acids is 1. The normalized spacial score (nSPS) is 10.9. The van der Waals surface area contributed by atoms with Crippen molar-refractivity contribution in [1.82, 2.24) is 14.4 Å². The largest absolute Gasteiger partial charge is 0.497 e. The Morgan fingerprint density at radius 3 is 2.63 bits per heavy atom. The molecular formula is C20H18N4O2S. The van der Waals surface area contributed by atoms with E-state index in [2.05, 4.69) is 15.3 Å². The van der Waals surface area contributed by atoms with Crippen molar-refractivity contribution in [3.05, 3.63) is 64.9 Å². The van der Waals surface area contributed by atoms with Gasteiger partial charge in [0.1, 0.15) is 16.4 Å². The summed E-state index contributed by atoms with van der Waals surface area (Å²) in [6, 6.07) is 11.5. The summed E-state index contributed by atoms with van der Waals surface area (Å²) in [7, 11) is 1.64. The molecule has 1 N–H and O–H groups in total. The number of rotatable bonds is 4. The number of hydrogen-bond acceptors (Lipinski definition) is 5. The van der Waals surface area contributed by atoms with Crippen LogP contribution in [-0.2, 0) is 0 Å². The van der Waals surface area contributed by atoms with E-state index in [1.807, 2.05) is 60.8 Å². The lowest BCUT2D eigenvalue weighted by Gasteiger charge is -2.04. The molecule has 27 heavy (non-hydrogen) atoms. The summed E-state index contributed by atoms with van der Waals surface area (Å²) < 4.78 is 7.14. The van der Waals surface area contributed by atoms with E-state index in [9.17, 15) is 4.79 Å². The van der Waals surface area contributed by atoms with Gasteiger partial charge in [-0.25, -0.2) is 9.97 Å². The summed E-state index contributed by atoms with van der Waals surface area (Å²) >= 11 is 1.37. The second kappa shape index (κ2) is 6.85. The highest BCUT2D eigenvalue weighted by atomic mass is 32.1. The molecule has 0 saturated heterocycles. The van der Waals surface area contributed by atoms with Crippen molar-refractivity contribution in [3.8, 4) is 17.0 Å². The van der Waals surface area contributed by atoms with Crippen molar-refractivity contribution in [2.75, 3.05) is 12.4 Å². The van der Waals surface area contributed by atoms with Crippen molar-refractivity contribution in [1.29, 1.82) is 0 Å². The van der Waals surface area contributed by atoms with Gasteiger partial charge in [-0.3, -0.25) is 9.20 Å². The fraction of sp³-hybridized carbons (Fsp3) is 0.150. The third-order valence-corrected chi connectivity index (χ3v) is 5.46. The number of imidazole rings is 1. The number of hydrogen-bond donors (Lipinski definition) is 1. The number of anilines is 1. The van der Waals surface area contributed by atoms with Gasteiger partial charge in [-0.2, -0.15) is 0 Å². The van der Waals surface area contributed by atoms with Gasteiger partial charge in [-0.05, 0) is 55.8 Å². The summed E-state index contributed by atoms with van der Waals surface area (Å²) in [5.41, 5.74) is 3.76. The van der Waals surface area contributed by atoms with Crippen LogP contribution in [-0.4, -0.2) is 27.4 Å². The molecule has 1 aromatic carbocycles. The predicted octanol–water partition coefficient (Wildman–Crippen LogP) is 4.34. The number of thiazole rings is 1. The van der Waals surface area contributed by atoms with Crippen LogP contribution in [0.25, 0.3) is 16.2 Å². The van der Waals surface area contributed by atoms with Crippen LogP contribution in [0.1, 0.15) is 20.9 Å². The van der Waals surface area contributed by atoms with Gasteiger partial charge in [0.25, 0.3) is 5.91 Å². The minimum atomic E-state index is -0.174. The molecule has 0 spiro atoms. The highest BCUT2D eigenvalue weighted by Crippen LogP contribution is 2.28. The molecule has 0 saturated carbocycles. The Bertz CT molecular complexity index is 1130. The maximum absolute atomic E-state index is 12.6. The zero-order valence-electron chi connectivity index (χ0n) is 15.2. The van der Waals surface area contributed by atoms with Crippen LogP contribution in [0.5, 0.6) is 5.75 Å². The van der Waals surface area contributed by atoms with E-state index >= 15 is 0 Å². The lowest BCUT2D eigenvalue weighted by atomic mass is 10.2. The van der Waals surface area contributed by atoms with Crippen LogP contribution in [0.3, 0.4) is 0 Å². The number of amides is 1. The summed E-state index contributed by atoms with van der Waals surface area (Å²) in [6.07, 6.45) is 3.63. The number of carbonyl (C=O) groups is 1. The lowest BCUT2D eigenvalue weighted by molar-refractivity contribution is 0.102. The van der Waals surface area contributed by atoms with Crippen LogP contribution in [0, 0.1) is 13.8 Å². The van der Waals surface area contributed by atoms with Crippen molar-refractivity contribution >= 4 is 28.0 Å². The van der Waals surface area contributed by atoms with Gasteiger partial charge in [0.15, 0.2) is 4.96 Å². The Labute approximate surface area is 160 Å². The quantitative estimate of drug-likeness (QED) is 0.574. The van der Waals surface area contributed by atoms with Crippen LogP contribution in [0.2, 0.25) is 0 Å². The molecule has 7 heteroatoms. The first kappa shape index (κ1) is 17.2. The van der Waals surface area contributed by atoms with E-state index in [0.717, 1.165) is 33.2 Å². The molecule has 0 atom stereocenters. The Balaban J connectivity index is 1.62. The highest BCUT2D eigenvalue weighted by Gasteiger charge is 2.18. The molecule has 3 aromatic heterocycles. The average molecular weight is 378 g/mol. The van der Waals surface area contributed by atoms with Crippen molar-refractivity contribution in [3.63, 3.8) is 0 Å². The number of aromatic nitrogens is 3. The minimum absolute atomic E-state index is 0.174. The first-order valence-electron chi connectivity index (χ1n) is 8.42. The topological polar surface area (TPSA) is 68.5 Å². The van der Waals surface area contributed by atoms with Gasteiger partial charge >= 0.3 is 0 Å². The van der Waals surface area contributed by atoms with Gasteiger partial charge in [0, 0.05) is 23.7 Å². The molecule has 0 aliphatic carbocycles. The van der Waals surface area contributed by atoms with Crippen molar-refractivity contribution in [2.24, 2.45) is 0 Å². The lowest BCUT2D eigenvalue weighted by Crippen LogP contribution is -2.13. The van der Waals surface area contributed by atoms with Crippen LogP contribution in [0.4, 0.5) is 5.82 Å². The maximum atomic E-state index is 12.6. The summed E-state index contributed by atoms with van der Waals surface area (Å²) in [6.45, 7) is 3.88. The van der Waals surface area contributed by atoms with E-state index in [-0.39, 0.29) is 5.91 Å². The van der Waals surface area contributed by atoms with Gasteiger partial charge in [0.2, 0.25) is 0 Å². The van der Waals surface area contributed by atoms with Gasteiger partial charge in [-0.1, -0.05) is 11.3 Å². The molecule has 136 valence electrons. The van der Waals surface area contributed by atoms with E-state index < -0.39 is 0 Å². The second-order valence-corrected chi connectivity index (χ2v) is 7.17. The van der Waals surface area contributed by atoms with Crippen molar-refractivity contribution in [2.45, 2.75) is 13.8 Å². The number of nitrogens with zero attached hydrogens (tertiary/aromatic N) is 3. The molecule has 0 aliphatic heterocycles. The SMILES string of the molecule is COc1ccc(-c2cn3c(C)c(C(=O)Nc4cc(C)ccn4)sc3n2)cc1. The van der Waals surface area contributed by atoms with Crippen molar-refractivity contribution < 1.29 is 9.53 Å². The summed E-state index contributed by atoms with van der Waals surface area (Å²) in [5.74, 6) is 1.18. The summed E-state index contributed by atoms with van der Waals surface area (Å²) in [4.78, 5) is 22.9. The number of aryl methyl sites for hydroxylation is 2. The van der Waals surface area contributed by atoms with E-state index in [4.69, 9.17) is 4.74 Å². The van der Waals surface area contributed by atoms with E-state index in [1.165, 1.54) is 11.3 Å². The Morgan fingerprint density at radius 1 is 1.19 bits per heavy atom. The standard InChI is InChI=1S/C20H18N4O2S/c1-12-8-9-21-17(10-12)23-19(25)18-13(2)24-11-16(22-20(24)27-18)14-4-6-15(26-3)7-5-14/h4-11H,1-3H3,(H,21,23,25). The number of methoxy groups -OCH3 is 1. The maximum Gasteiger partial charge on any atom is 0.268 e. The first-order chi connectivity index (χ1) is 13.0. The van der Waals surface area contributed by atoms with Crippen LogP contribution in [0.15, 0.2) is 48.8 Å². The Morgan fingerprint density at radius 2 is 1.96 bits per heavy atom. The minimum Gasteiger partial charge on any atom is -0.497 e. The zero-order chi connectivity index (χ0) is 19.0. The molecule has 3 heterocycles. The molecule has 6 nitrogen and oxygen atoms in total. The molecule has 0 radical (unpaired) electrons. The van der Waals surface area contributed by atoms with E-state index in [0.29, 0.717) is 10.7 Å². The first-order valence-corrected chi connectivity index (χ1v) is 9.24. The van der Waals surface area contributed by atoms with E-state index in [1.54, 1.807) is 13.3 Å². The predicted molar refractivity (Wildman–Crippen MR) is 107 cm³/mol. The smallest absolute Gasteiger partial charge is 0.268 e. The third-order valence-electron chi connectivity index (χ3n) is 4.31. The Kier molecular flexibility index (Phi) is 4.37. The zero-order valence-corrected chi connectivity index (χ0v) is 16.0. The molecule has 0 fully saturated rings. The molecule has 0 aliphatic rings. The number of fused-ring (bicyclic) bond motifs is 1. The molecular weight excluding hydrogens is 360 g/mol. The molecule has 4 rings (SSSR count). The molecule has 4 aromatic rings. The number of nitrogens with one attached hydrogen (secondary N) is 1. The third kappa shape index (κ3) is 3.29. The Hall–Kier alpha value is -3.19. The fourth-order valence-corrected chi connectivity index (χ4v) is 3.84. The number of pyridine rings is 1. The fourth-order valence-electron chi connectivity index (χ4n) is 2.84. The molecule has 0 unspecified atom stereocenters. The van der Waals surface area contributed by atoms with Gasteiger partial charge in [-0.15, -0.1) is 0 Å². The number of benzene rings is 1. The average Bonchev–Trinajstić information content (AvgIpc) is 3.21. The van der Waals surface area contributed by atoms with Gasteiger partial charge in [0.05, 0.1) is 12.8 Å². The second-order valence-electron chi connectivity index (χ2n) is 6.20. The molecule has 1 amide bonds. The van der Waals surface area contributed by atoms with Gasteiger partial charge < -0.3 is 10.1 Å².